The van der Waals surface area contributed by atoms with Gasteiger partial charge in [0.25, 0.3) is 0 Å². The van der Waals surface area contributed by atoms with Gasteiger partial charge in [-0.15, -0.1) is 11.3 Å². The predicted octanol–water partition coefficient (Wildman–Crippen LogP) is 5.08. The van der Waals surface area contributed by atoms with E-state index in [4.69, 9.17) is 9.47 Å². The second-order valence-electron chi connectivity index (χ2n) is 5.08. The number of hydrogen-bond acceptors (Lipinski definition) is 5. The van der Waals surface area contributed by atoms with Crippen molar-refractivity contribution in [3.8, 4) is 16.3 Å². The van der Waals surface area contributed by atoms with Crippen LogP contribution in [-0.4, -0.2) is 18.1 Å². The van der Waals surface area contributed by atoms with E-state index in [9.17, 15) is 9.18 Å². The molecule has 4 nitrogen and oxygen atoms in total. The third kappa shape index (κ3) is 4.24. The van der Waals surface area contributed by atoms with Crippen LogP contribution in [0.25, 0.3) is 10.6 Å². The number of thiazole rings is 1. The van der Waals surface area contributed by atoms with E-state index in [1.807, 2.05) is 23.6 Å². The van der Waals surface area contributed by atoms with Crippen molar-refractivity contribution in [2.75, 3.05) is 7.11 Å². The number of halogens is 2. The second kappa shape index (κ2) is 7.76. The summed E-state index contributed by atoms with van der Waals surface area (Å²) in [5, 5.41) is 2.57. The highest BCUT2D eigenvalue weighted by atomic mass is 79.9. The lowest BCUT2D eigenvalue weighted by Crippen LogP contribution is -2.05. The minimum atomic E-state index is -0.589. The maximum atomic E-state index is 13.2. The summed E-state index contributed by atoms with van der Waals surface area (Å²) in [5.74, 6) is -0.359. The highest BCUT2D eigenvalue weighted by molar-refractivity contribution is 9.10. The minimum absolute atomic E-state index is 0.0160. The zero-order valence-corrected chi connectivity index (χ0v) is 15.6. The van der Waals surface area contributed by atoms with Gasteiger partial charge in [0.15, 0.2) is 0 Å². The number of methoxy groups -OCH3 is 1. The number of esters is 1. The Balaban J connectivity index is 1.72. The van der Waals surface area contributed by atoms with E-state index in [0.717, 1.165) is 21.1 Å². The van der Waals surface area contributed by atoms with Crippen molar-refractivity contribution in [3.63, 3.8) is 0 Å². The lowest BCUT2D eigenvalue weighted by molar-refractivity contribution is 0.0468. The van der Waals surface area contributed by atoms with Crippen molar-refractivity contribution >= 4 is 33.2 Å². The molecule has 128 valence electrons. The van der Waals surface area contributed by atoms with Gasteiger partial charge in [-0.3, -0.25) is 0 Å². The Morgan fingerprint density at radius 2 is 2.12 bits per heavy atom. The molecule has 2 aromatic carbocycles. The first kappa shape index (κ1) is 17.6. The third-order valence-corrected chi connectivity index (χ3v) is 4.77. The molecule has 1 aromatic heterocycles. The van der Waals surface area contributed by atoms with Crippen molar-refractivity contribution < 1.29 is 18.7 Å². The number of carbonyl (C=O) groups is 1. The SMILES string of the molecule is COc1ccc(Br)cc1-c1nc(COC(=O)c2cccc(F)c2)cs1. The summed E-state index contributed by atoms with van der Waals surface area (Å²) in [7, 11) is 1.60. The highest BCUT2D eigenvalue weighted by Gasteiger charge is 2.13. The van der Waals surface area contributed by atoms with E-state index in [0.29, 0.717) is 11.4 Å². The van der Waals surface area contributed by atoms with E-state index in [2.05, 4.69) is 20.9 Å². The molecule has 0 aliphatic heterocycles. The Morgan fingerprint density at radius 1 is 1.28 bits per heavy atom. The van der Waals surface area contributed by atoms with Gasteiger partial charge in [0.2, 0.25) is 0 Å². The van der Waals surface area contributed by atoms with E-state index in [1.54, 1.807) is 7.11 Å². The van der Waals surface area contributed by atoms with Crippen LogP contribution in [0.2, 0.25) is 0 Å². The normalized spacial score (nSPS) is 10.5. The second-order valence-corrected chi connectivity index (χ2v) is 6.85. The van der Waals surface area contributed by atoms with Crippen molar-refractivity contribution in [3.05, 3.63) is 69.4 Å². The van der Waals surface area contributed by atoms with E-state index in [-0.39, 0.29) is 12.2 Å². The fourth-order valence-electron chi connectivity index (χ4n) is 2.18. The number of carbonyl (C=O) groups excluding carboxylic acids is 1. The van der Waals surface area contributed by atoms with Crippen LogP contribution in [0.5, 0.6) is 5.75 Å². The van der Waals surface area contributed by atoms with Gasteiger partial charge in [-0.05, 0) is 36.4 Å². The molecular weight excluding hydrogens is 409 g/mol. The molecule has 3 aromatic rings. The van der Waals surface area contributed by atoms with Crippen LogP contribution in [-0.2, 0) is 11.3 Å². The maximum Gasteiger partial charge on any atom is 0.338 e. The van der Waals surface area contributed by atoms with E-state index in [1.165, 1.54) is 29.5 Å². The third-order valence-electron chi connectivity index (χ3n) is 3.36. The van der Waals surface area contributed by atoms with Gasteiger partial charge in [0, 0.05) is 9.85 Å². The topological polar surface area (TPSA) is 48.4 Å². The molecule has 0 spiro atoms. The standard InChI is InChI=1S/C18H13BrFNO3S/c1-23-16-6-5-12(19)8-15(16)17-21-14(10-25-17)9-24-18(22)11-3-2-4-13(20)7-11/h2-8,10H,9H2,1H3. The highest BCUT2D eigenvalue weighted by Crippen LogP contribution is 2.34. The molecule has 0 fully saturated rings. The van der Waals surface area contributed by atoms with Gasteiger partial charge in [0.05, 0.1) is 23.9 Å². The molecule has 0 saturated carbocycles. The molecule has 1 heterocycles. The van der Waals surface area contributed by atoms with Crippen LogP contribution in [0.15, 0.2) is 52.3 Å². The monoisotopic (exact) mass is 421 g/mol. The summed E-state index contributed by atoms with van der Waals surface area (Å²) < 4.78 is 24.6. The van der Waals surface area contributed by atoms with Gasteiger partial charge < -0.3 is 9.47 Å². The molecule has 0 unspecified atom stereocenters. The first-order valence-corrected chi connectivity index (χ1v) is 8.95. The Bertz CT molecular complexity index is 913. The molecule has 0 bridgehead atoms. The van der Waals surface area contributed by atoms with Gasteiger partial charge >= 0.3 is 5.97 Å². The summed E-state index contributed by atoms with van der Waals surface area (Å²) in [4.78, 5) is 16.4. The van der Waals surface area contributed by atoms with Crippen LogP contribution in [0.3, 0.4) is 0 Å². The molecule has 7 heteroatoms. The van der Waals surface area contributed by atoms with Crippen molar-refractivity contribution in [1.82, 2.24) is 4.98 Å². The largest absolute Gasteiger partial charge is 0.496 e. The fourth-order valence-corrected chi connectivity index (χ4v) is 3.37. The van der Waals surface area contributed by atoms with Crippen LogP contribution >= 0.6 is 27.3 Å². The molecule has 0 aliphatic rings. The van der Waals surface area contributed by atoms with Crippen LogP contribution in [0, 0.1) is 5.82 Å². The fraction of sp³-hybridized carbons (Fsp3) is 0.111. The number of nitrogens with zero attached hydrogens (tertiary/aromatic N) is 1. The molecule has 0 aliphatic carbocycles. The molecule has 25 heavy (non-hydrogen) atoms. The van der Waals surface area contributed by atoms with E-state index < -0.39 is 11.8 Å². The summed E-state index contributed by atoms with van der Waals surface area (Å²) in [6, 6.07) is 11.0. The lowest BCUT2D eigenvalue weighted by atomic mass is 10.2. The van der Waals surface area contributed by atoms with Crippen LogP contribution in [0.4, 0.5) is 4.39 Å². The Labute approximate surface area is 156 Å². The molecular formula is C18H13BrFNO3S. The predicted molar refractivity (Wildman–Crippen MR) is 97.3 cm³/mol. The zero-order chi connectivity index (χ0) is 17.8. The maximum absolute atomic E-state index is 13.2. The number of rotatable bonds is 5. The smallest absolute Gasteiger partial charge is 0.338 e. The number of hydrogen-bond donors (Lipinski definition) is 0. The summed E-state index contributed by atoms with van der Waals surface area (Å²) in [5.41, 5.74) is 1.64. The van der Waals surface area contributed by atoms with Crippen molar-refractivity contribution in [1.29, 1.82) is 0 Å². The lowest BCUT2D eigenvalue weighted by Gasteiger charge is -2.06. The molecule has 3 rings (SSSR count). The average Bonchev–Trinajstić information content (AvgIpc) is 3.08. The first-order chi connectivity index (χ1) is 12.1. The minimum Gasteiger partial charge on any atom is -0.496 e. The molecule has 0 saturated heterocycles. The summed E-state index contributed by atoms with van der Waals surface area (Å²) in [6.07, 6.45) is 0. The van der Waals surface area contributed by atoms with Crippen molar-refractivity contribution in [2.45, 2.75) is 6.61 Å². The summed E-state index contributed by atoms with van der Waals surface area (Å²) in [6.45, 7) is 0.0160. The number of aromatic nitrogens is 1. The van der Waals surface area contributed by atoms with Gasteiger partial charge in [0.1, 0.15) is 23.2 Å². The quantitative estimate of drug-likeness (QED) is 0.539. The number of benzene rings is 2. The Kier molecular flexibility index (Phi) is 5.45. The Morgan fingerprint density at radius 3 is 2.88 bits per heavy atom. The number of ether oxygens (including phenoxy) is 2. The van der Waals surface area contributed by atoms with Crippen molar-refractivity contribution in [2.24, 2.45) is 0 Å². The average molecular weight is 422 g/mol. The molecule has 0 atom stereocenters. The van der Waals surface area contributed by atoms with Gasteiger partial charge in [-0.25, -0.2) is 14.2 Å². The summed E-state index contributed by atoms with van der Waals surface area (Å²) >= 11 is 4.86. The molecule has 0 amide bonds. The first-order valence-electron chi connectivity index (χ1n) is 7.28. The van der Waals surface area contributed by atoms with Crippen LogP contribution < -0.4 is 4.74 Å². The zero-order valence-electron chi connectivity index (χ0n) is 13.2. The van der Waals surface area contributed by atoms with Gasteiger partial charge in [-0.2, -0.15) is 0 Å². The Hall–Kier alpha value is -2.25. The molecule has 0 radical (unpaired) electrons. The van der Waals surface area contributed by atoms with Gasteiger partial charge in [-0.1, -0.05) is 22.0 Å². The van der Waals surface area contributed by atoms with Crippen LogP contribution in [0.1, 0.15) is 16.1 Å². The molecule has 0 N–H and O–H groups in total. The van der Waals surface area contributed by atoms with E-state index >= 15 is 0 Å².